The predicted octanol–water partition coefficient (Wildman–Crippen LogP) is 13.2. The van der Waals surface area contributed by atoms with Gasteiger partial charge in [-0.1, -0.05) is 134 Å². The highest BCUT2D eigenvalue weighted by Crippen LogP contribution is 2.42. The first-order chi connectivity index (χ1) is 25.2. The molecule has 1 unspecified atom stereocenters. The van der Waals surface area contributed by atoms with Gasteiger partial charge in [-0.05, 0) is 94.4 Å². The quantitative estimate of drug-likeness (QED) is 0.175. The fraction of sp³-hybridized carbons (Fsp3) is 0.0612. The second-order valence-electron chi connectivity index (χ2n) is 13.8. The lowest BCUT2D eigenvalue weighted by Gasteiger charge is -2.20. The van der Waals surface area contributed by atoms with Gasteiger partial charge in [0.15, 0.2) is 0 Å². The van der Waals surface area contributed by atoms with Crippen LogP contribution in [-0.4, -0.2) is 9.13 Å². The number of benzene rings is 7. The van der Waals surface area contributed by atoms with Gasteiger partial charge in [-0.25, -0.2) is 0 Å². The molecule has 10 rings (SSSR count). The van der Waals surface area contributed by atoms with E-state index in [1.165, 1.54) is 88.7 Å². The zero-order valence-electron chi connectivity index (χ0n) is 28.5. The van der Waals surface area contributed by atoms with Crippen molar-refractivity contribution < 1.29 is 0 Å². The van der Waals surface area contributed by atoms with Crippen molar-refractivity contribution in [1.82, 2.24) is 9.13 Å². The second-order valence-corrected chi connectivity index (χ2v) is 13.8. The molecule has 1 aliphatic rings. The van der Waals surface area contributed by atoms with E-state index in [1.807, 2.05) is 0 Å². The summed E-state index contributed by atoms with van der Waals surface area (Å²) in [5, 5.41) is 3.83. The Bertz CT molecular complexity index is 2780. The van der Waals surface area contributed by atoms with Gasteiger partial charge >= 0.3 is 0 Å². The number of hydrogen-bond acceptors (Lipinski definition) is 0. The summed E-state index contributed by atoms with van der Waals surface area (Å²) in [5.74, 6) is 0.420. The standard InChI is InChI=1S/C49H36N2/c1-33-13-10-23-43-45-32-39(26-28-48(45)51(49(33)43)41-21-12-19-37(30-41)35-16-6-3-7-17-35)38-25-27-47-44(31-38)42-22-8-9-24-46(42)50(47)40-20-11-18-36(29-40)34-14-4-2-5-15-34/h2-12,14-33H,13H2,1H3. The molecule has 9 aromatic rings. The van der Waals surface area contributed by atoms with Crippen LogP contribution in [0.25, 0.3) is 83.5 Å². The summed E-state index contributed by atoms with van der Waals surface area (Å²) in [5.41, 5.74) is 16.2. The third-order valence-corrected chi connectivity index (χ3v) is 10.7. The third kappa shape index (κ3) is 4.87. The van der Waals surface area contributed by atoms with E-state index in [2.05, 4.69) is 198 Å². The average molecular weight is 653 g/mol. The average Bonchev–Trinajstić information content (AvgIpc) is 3.72. The summed E-state index contributed by atoms with van der Waals surface area (Å²) in [4.78, 5) is 0. The van der Waals surface area contributed by atoms with Gasteiger partial charge in [0.1, 0.15) is 0 Å². The lowest BCUT2D eigenvalue weighted by molar-refractivity contribution is 0.723. The zero-order chi connectivity index (χ0) is 33.9. The number of para-hydroxylation sites is 1. The molecule has 2 heteroatoms. The highest BCUT2D eigenvalue weighted by Gasteiger charge is 2.24. The van der Waals surface area contributed by atoms with E-state index in [9.17, 15) is 0 Å². The molecule has 2 heterocycles. The molecule has 2 aromatic heterocycles. The Hall–Kier alpha value is -6.38. The molecule has 242 valence electrons. The molecule has 1 aliphatic carbocycles. The first-order valence-corrected chi connectivity index (χ1v) is 17.9. The number of aromatic nitrogens is 2. The Morgan fingerprint density at radius 1 is 0.412 bits per heavy atom. The molecule has 0 spiro atoms. The first-order valence-electron chi connectivity index (χ1n) is 17.9. The lowest BCUT2D eigenvalue weighted by atomic mass is 9.92. The summed E-state index contributed by atoms with van der Waals surface area (Å²) in [6.07, 6.45) is 5.74. The highest BCUT2D eigenvalue weighted by atomic mass is 15.0. The topological polar surface area (TPSA) is 9.86 Å². The van der Waals surface area contributed by atoms with Crippen molar-refractivity contribution in [3.8, 4) is 44.8 Å². The van der Waals surface area contributed by atoms with Gasteiger partial charge < -0.3 is 9.13 Å². The Kier molecular flexibility index (Phi) is 6.89. The zero-order valence-corrected chi connectivity index (χ0v) is 28.5. The molecule has 51 heavy (non-hydrogen) atoms. The van der Waals surface area contributed by atoms with E-state index in [0.29, 0.717) is 5.92 Å². The van der Waals surface area contributed by atoms with Crippen LogP contribution in [0.3, 0.4) is 0 Å². The summed E-state index contributed by atoms with van der Waals surface area (Å²) in [7, 11) is 0. The van der Waals surface area contributed by atoms with E-state index in [0.717, 1.165) is 6.42 Å². The van der Waals surface area contributed by atoms with Crippen molar-refractivity contribution in [2.75, 3.05) is 0 Å². The molecular formula is C49H36N2. The van der Waals surface area contributed by atoms with Crippen LogP contribution < -0.4 is 0 Å². The highest BCUT2D eigenvalue weighted by molar-refractivity contribution is 6.11. The Labute approximate surface area is 298 Å². The maximum Gasteiger partial charge on any atom is 0.0541 e. The van der Waals surface area contributed by atoms with Crippen LogP contribution in [0.5, 0.6) is 0 Å². The molecular weight excluding hydrogens is 617 g/mol. The molecule has 0 saturated carbocycles. The fourth-order valence-corrected chi connectivity index (χ4v) is 8.30. The molecule has 0 fully saturated rings. The van der Waals surface area contributed by atoms with E-state index in [4.69, 9.17) is 0 Å². The lowest BCUT2D eigenvalue weighted by Crippen LogP contribution is -2.07. The predicted molar refractivity (Wildman–Crippen MR) is 216 cm³/mol. The second kappa shape index (κ2) is 11.9. The number of nitrogens with zero attached hydrogens (tertiary/aromatic N) is 2. The van der Waals surface area contributed by atoms with E-state index >= 15 is 0 Å². The summed E-state index contributed by atoms with van der Waals surface area (Å²) in [6, 6.07) is 62.1. The number of allylic oxidation sites excluding steroid dienone is 1. The van der Waals surface area contributed by atoms with Crippen molar-refractivity contribution in [3.05, 3.63) is 187 Å². The summed E-state index contributed by atoms with van der Waals surface area (Å²) >= 11 is 0. The van der Waals surface area contributed by atoms with Crippen molar-refractivity contribution in [1.29, 1.82) is 0 Å². The van der Waals surface area contributed by atoms with Gasteiger partial charge in [0.2, 0.25) is 0 Å². The molecule has 7 aromatic carbocycles. The van der Waals surface area contributed by atoms with Gasteiger partial charge in [-0.3, -0.25) is 0 Å². The largest absolute Gasteiger partial charge is 0.313 e. The van der Waals surface area contributed by atoms with Crippen LogP contribution in [0, 0.1) is 0 Å². The Morgan fingerprint density at radius 2 is 0.922 bits per heavy atom. The number of rotatable bonds is 5. The number of fused-ring (bicyclic) bond motifs is 6. The van der Waals surface area contributed by atoms with E-state index in [1.54, 1.807) is 0 Å². The third-order valence-electron chi connectivity index (χ3n) is 10.7. The van der Waals surface area contributed by atoms with Gasteiger partial charge in [0.05, 0.1) is 16.6 Å². The van der Waals surface area contributed by atoms with Crippen LogP contribution in [0.4, 0.5) is 0 Å². The van der Waals surface area contributed by atoms with Gasteiger partial charge in [0, 0.05) is 44.7 Å². The molecule has 0 aliphatic heterocycles. The van der Waals surface area contributed by atoms with Crippen LogP contribution in [-0.2, 0) is 0 Å². The minimum absolute atomic E-state index is 0.420. The molecule has 2 nitrogen and oxygen atoms in total. The van der Waals surface area contributed by atoms with E-state index in [-0.39, 0.29) is 0 Å². The SMILES string of the molecule is CC1CC=Cc2c1n(-c1cccc(-c3ccccc3)c1)c1ccc(-c3ccc4c(c3)c3ccccc3n4-c3cccc(-c4ccccc4)c3)cc21. The Balaban J connectivity index is 1.12. The monoisotopic (exact) mass is 652 g/mol. The fourth-order valence-electron chi connectivity index (χ4n) is 8.30. The number of hydrogen-bond donors (Lipinski definition) is 0. The molecule has 0 N–H and O–H groups in total. The van der Waals surface area contributed by atoms with Gasteiger partial charge in [0.25, 0.3) is 0 Å². The molecule has 0 amide bonds. The minimum Gasteiger partial charge on any atom is -0.313 e. The van der Waals surface area contributed by atoms with Crippen LogP contribution >= 0.6 is 0 Å². The van der Waals surface area contributed by atoms with Crippen molar-refractivity contribution in [3.63, 3.8) is 0 Å². The molecule has 0 bridgehead atoms. The summed E-state index contributed by atoms with van der Waals surface area (Å²) in [6.45, 7) is 2.36. The van der Waals surface area contributed by atoms with Gasteiger partial charge in [-0.15, -0.1) is 0 Å². The van der Waals surface area contributed by atoms with Crippen molar-refractivity contribution in [2.45, 2.75) is 19.3 Å². The van der Waals surface area contributed by atoms with Crippen LogP contribution in [0.2, 0.25) is 0 Å². The maximum atomic E-state index is 2.51. The van der Waals surface area contributed by atoms with E-state index < -0.39 is 0 Å². The maximum absolute atomic E-state index is 2.51. The molecule has 0 radical (unpaired) electrons. The minimum atomic E-state index is 0.420. The van der Waals surface area contributed by atoms with Gasteiger partial charge in [-0.2, -0.15) is 0 Å². The normalized spacial score (nSPS) is 14.0. The Morgan fingerprint density at radius 3 is 1.59 bits per heavy atom. The molecule has 1 atom stereocenters. The van der Waals surface area contributed by atoms with Crippen molar-refractivity contribution >= 4 is 38.8 Å². The summed E-state index contributed by atoms with van der Waals surface area (Å²) < 4.78 is 4.92. The van der Waals surface area contributed by atoms with Crippen LogP contribution in [0.1, 0.15) is 30.5 Å². The van der Waals surface area contributed by atoms with Crippen molar-refractivity contribution in [2.24, 2.45) is 0 Å². The first kappa shape index (κ1) is 29.5. The smallest absolute Gasteiger partial charge is 0.0541 e. The molecule has 0 saturated heterocycles. The van der Waals surface area contributed by atoms with Crippen LogP contribution in [0.15, 0.2) is 176 Å².